The van der Waals surface area contributed by atoms with Crippen molar-refractivity contribution < 1.29 is 5.11 Å². The quantitative estimate of drug-likeness (QED) is 0.727. The summed E-state index contributed by atoms with van der Waals surface area (Å²) >= 11 is 1.83. The molecule has 0 aromatic heterocycles. The first kappa shape index (κ1) is 17.5. The first-order valence-electron chi connectivity index (χ1n) is 7.70. The van der Waals surface area contributed by atoms with Crippen LogP contribution in [0.3, 0.4) is 0 Å². The summed E-state index contributed by atoms with van der Waals surface area (Å²) in [5, 5.41) is 13.4. The molecule has 0 saturated carbocycles. The van der Waals surface area contributed by atoms with Gasteiger partial charge >= 0.3 is 0 Å². The van der Waals surface area contributed by atoms with E-state index in [1.807, 2.05) is 18.7 Å². The van der Waals surface area contributed by atoms with Crippen molar-refractivity contribution >= 4 is 11.8 Å². The van der Waals surface area contributed by atoms with E-state index in [4.69, 9.17) is 0 Å². The number of benzene rings is 1. The molecule has 0 aliphatic carbocycles. The molecule has 0 aliphatic rings. The van der Waals surface area contributed by atoms with Crippen LogP contribution in [0.1, 0.15) is 51.3 Å². The van der Waals surface area contributed by atoms with Gasteiger partial charge in [0, 0.05) is 17.0 Å². The minimum atomic E-state index is -0.255. The van der Waals surface area contributed by atoms with Gasteiger partial charge in [0.15, 0.2) is 0 Å². The Morgan fingerprint density at radius 1 is 1.15 bits per heavy atom. The molecular weight excluding hydrogens is 266 g/mol. The summed E-state index contributed by atoms with van der Waals surface area (Å²) in [5.74, 6) is 0.993. The van der Waals surface area contributed by atoms with Crippen LogP contribution in [-0.2, 0) is 6.42 Å². The van der Waals surface area contributed by atoms with Crippen LogP contribution in [0.15, 0.2) is 24.3 Å². The second-order valence-corrected chi connectivity index (χ2v) is 6.79. The molecule has 3 heteroatoms. The summed E-state index contributed by atoms with van der Waals surface area (Å²) in [5.41, 5.74) is 2.76. The number of aliphatic hydroxyl groups is 1. The van der Waals surface area contributed by atoms with E-state index < -0.39 is 0 Å². The van der Waals surface area contributed by atoms with Crippen LogP contribution in [0.5, 0.6) is 0 Å². The van der Waals surface area contributed by atoms with Crippen LogP contribution in [0.25, 0.3) is 0 Å². The molecule has 20 heavy (non-hydrogen) atoms. The lowest BCUT2D eigenvalue weighted by molar-refractivity contribution is 0.196. The van der Waals surface area contributed by atoms with Gasteiger partial charge in [-0.1, -0.05) is 51.5 Å². The largest absolute Gasteiger partial charge is 0.392 e. The van der Waals surface area contributed by atoms with E-state index in [1.165, 1.54) is 17.5 Å². The van der Waals surface area contributed by atoms with E-state index in [1.54, 1.807) is 0 Å². The number of hydrogen-bond donors (Lipinski definition) is 2. The van der Waals surface area contributed by atoms with Crippen LogP contribution in [0.2, 0.25) is 0 Å². The third-order valence-electron chi connectivity index (χ3n) is 3.58. The summed E-state index contributed by atoms with van der Waals surface area (Å²) < 4.78 is 0. The highest BCUT2D eigenvalue weighted by Crippen LogP contribution is 2.23. The van der Waals surface area contributed by atoms with Gasteiger partial charge < -0.3 is 10.4 Å². The average molecular weight is 295 g/mol. The number of aryl methyl sites for hydroxylation is 1. The Hall–Kier alpha value is -0.510. The molecule has 0 bridgehead atoms. The number of thioether (sulfide) groups is 1. The van der Waals surface area contributed by atoms with Crippen molar-refractivity contribution in [1.82, 2.24) is 5.32 Å². The predicted octanol–water partition coefficient (Wildman–Crippen LogP) is 3.79. The summed E-state index contributed by atoms with van der Waals surface area (Å²) in [6.45, 7) is 9.26. The topological polar surface area (TPSA) is 32.3 Å². The third kappa shape index (κ3) is 5.86. The fourth-order valence-electron chi connectivity index (χ4n) is 2.11. The average Bonchev–Trinajstić information content (AvgIpc) is 2.44. The highest BCUT2D eigenvalue weighted by atomic mass is 32.2. The Balaban J connectivity index is 2.64. The molecule has 2 nitrogen and oxygen atoms in total. The molecule has 0 radical (unpaired) electrons. The van der Waals surface area contributed by atoms with Gasteiger partial charge in [0.1, 0.15) is 0 Å². The van der Waals surface area contributed by atoms with Crippen molar-refractivity contribution in [2.75, 3.05) is 12.3 Å². The van der Waals surface area contributed by atoms with Crippen molar-refractivity contribution in [2.45, 2.75) is 57.9 Å². The second kappa shape index (κ2) is 9.43. The van der Waals surface area contributed by atoms with Gasteiger partial charge in [-0.05, 0) is 31.0 Å². The van der Waals surface area contributed by atoms with E-state index >= 15 is 0 Å². The molecule has 0 aliphatic heterocycles. The van der Waals surface area contributed by atoms with Crippen LogP contribution < -0.4 is 5.32 Å². The zero-order chi connectivity index (χ0) is 15.0. The zero-order valence-corrected chi connectivity index (χ0v) is 14.0. The highest BCUT2D eigenvalue weighted by Gasteiger charge is 2.15. The van der Waals surface area contributed by atoms with Gasteiger partial charge in [0.05, 0.1) is 6.10 Å². The predicted molar refractivity (Wildman–Crippen MR) is 90.5 cm³/mol. The normalized spacial score (nSPS) is 15.8. The molecule has 0 saturated heterocycles. The second-order valence-electron chi connectivity index (χ2n) is 5.38. The standard InChI is InChI=1S/C17H29NOS/c1-5-7-15-8-10-16(11-9-15)17(18-6-2)12-20-14(4)13(3)19/h8-11,13-14,17-19H,5-7,12H2,1-4H3. The van der Waals surface area contributed by atoms with Gasteiger partial charge in [-0.3, -0.25) is 0 Å². The van der Waals surface area contributed by atoms with E-state index in [0.717, 1.165) is 18.7 Å². The molecule has 3 atom stereocenters. The number of aliphatic hydroxyl groups excluding tert-OH is 1. The van der Waals surface area contributed by atoms with E-state index in [0.29, 0.717) is 6.04 Å². The van der Waals surface area contributed by atoms with Crippen molar-refractivity contribution in [1.29, 1.82) is 0 Å². The van der Waals surface area contributed by atoms with E-state index in [2.05, 4.69) is 50.4 Å². The van der Waals surface area contributed by atoms with E-state index in [-0.39, 0.29) is 11.4 Å². The summed E-state index contributed by atoms with van der Waals surface area (Å²) in [6.07, 6.45) is 2.09. The lowest BCUT2D eigenvalue weighted by atomic mass is 10.0. The monoisotopic (exact) mass is 295 g/mol. The Morgan fingerprint density at radius 2 is 1.80 bits per heavy atom. The van der Waals surface area contributed by atoms with Crippen molar-refractivity contribution in [3.8, 4) is 0 Å². The summed E-state index contributed by atoms with van der Waals surface area (Å²) in [7, 11) is 0. The first-order valence-corrected chi connectivity index (χ1v) is 8.75. The van der Waals surface area contributed by atoms with Gasteiger partial charge in [0.25, 0.3) is 0 Å². The number of hydrogen-bond acceptors (Lipinski definition) is 3. The van der Waals surface area contributed by atoms with Crippen molar-refractivity contribution in [2.24, 2.45) is 0 Å². The van der Waals surface area contributed by atoms with Crippen LogP contribution in [0.4, 0.5) is 0 Å². The number of nitrogens with one attached hydrogen (secondary N) is 1. The SMILES string of the molecule is CCCc1ccc(C(CSC(C)C(C)O)NCC)cc1. The lowest BCUT2D eigenvalue weighted by Gasteiger charge is -2.21. The molecule has 3 unspecified atom stereocenters. The minimum Gasteiger partial charge on any atom is -0.392 e. The fourth-order valence-corrected chi connectivity index (χ4v) is 3.20. The molecule has 0 heterocycles. The minimum absolute atomic E-state index is 0.255. The van der Waals surface area contributed by atoms with E-state index in [9.17, 15) is 5.11 Å². The molecule has 114 valence electrons. The van der Waals surface area contributed by atoms with Crippen LogP contribution in [-0.4, -0.2) is 28.8 Å². The Kier molecular flexibility index (Phi) is 8.27. The smallest absolute Gasteiger partial charge is 0.0628 e. The third-order valence-corrected chi connectivity index (χ3v) is 5.02. The molecule has 0 amide bonds. The van der Waals surface area contributed by atoms with Gasteiger partial charge in [-0.25, -0.2) is 0 Å². The molecule has 2 N–H and O–H groups in total. The molecule has 1 aromatic carbocycles. The zero-order valence-electron chi connectivity index (χ0n) is 13.2. The van der Waals surface area contributed by atoms with Gasteiger partial charge in [0.2, 0.25) is 0 Å². The maximum absolute atomic E-state index is 9.59. The maximum atomic E-state index is 9.59. The lowest BCUT2D eigenvalue weighted by Crippen LogP contribution is -2.25. The Morgan fingerprint density at radius 3 is 2.30 bits per heavy atom. The fraction of sp³-hybridized carbons (Fsp3) is 0.647. The molecule has 1 aromatic rings. The Bertz CT molecular complexity index is 364. The van der Waals surface area contributed by atoms with Crippen molar-refractivity contribution in [3.63, 3.8) is 0 Å². The van der Waals surface area contributed by atoms with Gasteiger partial charge in [-0.15, -0.1) is 0 Å². The van der Waals surface area contributed by atoms with Crippen molar-refractivity contribution in [3.05, 3.63) is 35.4 Å². The summed E-state index contributed by atoms with van der Waals surface area (Å²) in [4.78, 5) is 0. The molecule has 0 fully saturated rings. The molecular formula is C17H29NOS. The first-order chi connectivity index (χ1) is 9.58. The molecule has 0 spiro atoms. The summed E-state index contributed by atoms with van der Waals surface area (Å²) in [6, 6.07) is 9.33. The van der Waals surface area contributed by atoms with Crippen LogP contribution >= 0.6 is 11.8 Å². The Labute approximate surface area is 128 Å². The highest BCUT2D eigenvalue weighted by molar-refractivity contribution is 7.99. The van der Waals surface area contributed by atoms with Gasteiger partial charge in [-0.2, -0.15) is 11.8 Å². The number of rotatable bonds is 9. The maximum Gasteiger partial charge on any atom is 0.0628 e. The molecule has 1 rings (SSSR count). The van der Waals surface area contributed by atoms with Crippen LogP contribution in [0, 0.1) is 0 Å².